The number of sulfonamides is 1. The van der Waals surface area contributed by atoms with Gasteiger partial charge in [0.15, 0.2) is 0 Å². The van der Waals surface area contributed by atoms with Gasteiger partial charge in [0.2, 0.25) is 10.0 Å². The van der Waals surface area contributed by atoms with Crippen LogP contribution in [-0.2, 0) is 16.4 Å². The average molecular weight is 362 g/mol. The molecule has 7 heteroatoms. The molecule has 2 aromatic carbocycles. The van der Waals surface area contributed by atoms with E-state index >= 15 is 0 Å². The summed E-state index contributed by atoms with van der Waals surface area (Å²) in [6.07, 6.45) is 2.38. The number of carbonyl (C=O) groups excluding carboxylic acids is 1. The molecule has 0 atom stereocenters. The third-order valence-electron chi connectivity index (χ3n) is 4.00. The van der Waals surface area contributed by atoms with Crippen molar-refractivity contribution in [1.82, 2.24) is 4.72 Å². The molecular weight excluding hydrogens is 343 g/mol. The number of hydrogen-bond donors (Lipinski definition) is 2. The van der Waals surface area contributed by atoms with E-state index in [9.17, 15) is 17.6 Å². The molecule has 0 saturated heterocycles. The highest BCUT2D eigenvalue weighted by Crippen LogP contribution is 2.24. The normalized spacial score (nSPS) is 14.3. The number of anilines is 1. The molecule has 0 unspecified atom stereocenters. The molecule has 1 fully saturated rings. The molecule has 3 rings (SSSR count). The van der Waals surface area contributed by atoms with Crippen molar-refractivity contribution in [2.24, 2.45) is 0 Å². The maximum absolute atomic E-state index is 14.0. The van der Waals surface area contributed by atoms with Crippen molar-refractivity contribution in [3.05, 3.63) is 59.4 Å². The van der Waals surface area contributed by atoms with Gasteiger partial charge in [0, 0.05) is 17.3 Å². The first-order valence-electron chi connectivity index (χ1n) is 8.11. The second-order valence-electron chi connectivity index (χ2n) is 6.05. The highest BCUT2D eigenvalue weighted by molar-refractivity contribution is 7.89. The van der Waals surface area contributed by atoms with Crippen LogP contribution in [0, 0.1) is 5.82 Å². The maximum atomic E-state index is 14.0. The van der Waals surface area contributed by atoms with Crippen molar-refractivity contribution in [3.8, 4) is 0 Å². The Labute approximate surface area is 146 Å². The third-order valence-corrected chi connectivity index (χ3v) is 5.54. The molecule has 0 bridgehead atoms. The molecule has 0 spiro atoms. The molecule has 1 saturated carbocycles. The zero-order chi connectivity index (χ0) is 18.0. The van der Waals surface area contributed by atoms with E-state index < -0.39 is 26.6 Å². The second-order valence-corrected chi connectivity index (χ2v) is 7.73. The number of aryl methyl sites for hydroxylation is 1. The minimum absolute atomic E-state index is 0.0807. The van der Waals surface area contributed by atoms with Gasteiger partial charge in [-0.15, -0.1) is 0 Å². The highest BCUT2D eigenvalue weighted by Gasteiger charge is 2.30. The van der Waals surface area contributed by atoms with Crippen molar-refractivity contribution < 1.29 is 17.6 Å². The Balaban J connectivity index is 1.81. The topological polar surface area (TPSA) is 75.3 Å². The van der Waals surface area contributed by atoms with E-state index in [4.69, 9.17) is 0 Å². The van der Waals surface area contributed by atoms with Gasteiger partial charge in [-0.1, -0.05) is 19.1 Å². The van der Waals surface area contributed by atoms with E-state index in [-0.39, 0.29) is 11.6 Å². The van der Waals surface area contributed by atoms with Crippen molar-refractivity contribution in [1.29, 1.82) is 0 Å². The van der Waals surface area contributed by atoms with Crippen molar-refractivity contribution in [2.45, 2.75) is 37.1 Å². The number of rotatable bonds is 6. The minimum atomic E-state index is -3.97. The minimum Gasteiger partial charge on any atom is -0.322 e. The van der Waals surface area contributed by atoms with Gasteiger partial charge in [0.25, 0.3) is 5.91 Å². The Morgan fingerprint density at radius 3 is 2.44 bits per heavy atom. The Morgan fingerprint density at radius 2 is 1.84 bits per heavy atom. The third kappa shape index (κ3) is 4.24. The molecule has 2 N–H and O–H groups in total. The predicted molar refractivity (Wildman–Crippen MR) is 93.5 cm³/mol. The van der Waals surface area contributed by atoms with Crippen molar-refractivity contribution in [2.75, 3.05) is 5.32 Å². The quantitative estimate of drug-likeness (QED) is 0.829. The van der Waals surface area contributed by atoms with Crippen LogP contribution in [0.3, 0.4) is 0 Å². The van der Waals surface area contributed by atoms with Crippen LogP contribution in [0.15, 0.2) is 47.4 Å². The molecule has 25 heavy (non-hydrogen) atoms. The molecule has 0 aromatic heterocycles. The van der Waals surface area contributed by atoms with Gasteiger partial charge in [-0.2, -0.15) is 0 Å². The lowest BCUT2D eigenvalue weighted by molar-refractivity contribution is 0.102. The first kappa shape index (κ1) is 17.6. The Hall–Kier alpha value is -2.25. The van der Waals surface area contributed by atoms with Gasteiger partial charge < -0.3 is 5.32 Å². The molecule has 132 valence electrons. The lowest BCUT2D eigenvalue weighted by Crippen LogP contribution is -2.27. The summed E-state index contributed by atoms with van der Waals surface area (Å²) in [5.41, 5.74) is 1.81. The number of carbonyl (C=O) groups is 1. The molecular formula is C18H19FN2O3S. The largest absolute Gasteiger partial charge is 0.322 e. The summed E-state index contributed by atoms with van der Waals surface area (Å²) in [4.78, 5) is 11.8. The first-order chi connectivity index (χ1) is 11.9. The summed E-state index contributed by atoms with van der Waals surface area (Å²) < 4.78 is 40.8. The zero-order valence-electron chi connectivity index (χ0n) is 13.8. The standard InChI is InChI=1S/C18H19FN2O3S/c1-2-12-3-6-14(7-4-12)20-18(22)13-5-10-16(19)17(11-13)25(23,24)21-15-8-9-15/h3-7,10-11,15,21H,2,8-9H2,1H3,(H,20,22). The number of nitrogens with one attached hydrogen (secondary N) is 2. The summed E-state index contributed by atoms with van der Waals surface area (Å²) in [6, 6.07) is 10.5. The highest BCUT2D eigenvalue weighted by atomic mass is 32.2. The zero-order valence-corrected chi connectivity index (χ0v) is 14.6. The fourth-order valence-electron chi connectivity index (χ4n) is 2.36. The van der Waals surface area contributed by atoms with Crippen molar-refractivity contribution >= 4 is 21.6 Å². The van der Waals surface area contributed by atoms with Gasteiger partial charge in [-0.05, 0) is 55.2 Å². The lowest BCUT2D eigenvalue weighted by atomic mass is 10.1. The number of halogens is 1. The number of hydrogen-bond acceptors (Lipinski definition) is 3. The van der Waals surface area contributed by atoms with Crippen LogP contribution in [0.5, 0.6) is 0 Å². The summed E-state index contributed by atoms with van der Waals surface area (Å²) in [5, 5.41) is 2.68. The van der Waals surface area contributed by atoms with Gasteiger partial charge in [0.1, 0.15) is 10.7 Å². The predicted octanol–water partition coefficient (Wildman–Crippen LogP) is 3.08. The van der Waals surface area contributed by atoms with Crippen LogP contribution in [0.1, 0.15) is 35.7 Å². The van der Waals surface area contributed by atoms with E-state index in [1.165, 1.54) is 6.07 Å². The van der Waals surface area contributed by atoms with Gasteiger partial charge >= 0.3 is 0 Å². The Kier molecular flexibility index (Phi) is 4.87. The van der Waals surface area contributed by atoms with E-state index in [0.717, 1.165) is 37.0 Å². The molecule has 0 aliphatic heterocycles. The van der Waals surface area contributed by atoms with Crippen LogP contribution >= 0.6 is 0 Å². The van der Waals surface area contributed by atoms with E-state index in [2.05, 4.69) is 10.0 Å². The van der Waals surface area contributed by atoms with Crippen LogP contribution in [0.25, 0.3) is 0 Å². The summed E-state index contributed by atoms with van der Waals surface area (Å²) >= 11 is 0. The van der Waals surface area contributed by atoms with Crippen LogP contribution in [-0.4, -0.2) is 20.4 Å². The Morgan fingerprint density at radius 1 is 1.16 bits per heavy atom. The van der Waals surface area contributed by atoms with Crippen LogP contribution in [0.2, 0.25) is 0 Å². The van der Waals surface area contributed by atoms with Crippen LogP contribution in [0.4, 0.5) is 10.1 Å². The summed E-state index contributed by atoms with van der Waals surface area (Å²) in [5.74, 6) is -1.37. The fraction of sp³-hybridized carbons (Fsp3) is 0.278. The molecule has 5 nitrogen and oxygen atoms in total. The molecule has 1 aliphatic rings. The fourth-order valence-corrected chi connectivity index (χ4v) is 3.77. The first-order valence-corrected chi connectivity index (χ1v) is 9.59. The summed E-state index contributed by atoms with van der Waals surface area (Å²) in [6.45, 7) is 2.03. The van der Waals surface area contributed by atoms with Crippen molar-refractivity contribution in [3.63, 3.8) is 0 Å². The number of benzene rings is 2. The van der Waals surface area contributed by atoms with E-state index in [1.807, 2.05) is 19.1 Å². The van der Waals surface area contributed by atoms with E-state index in [1.54, 1.807) is 12.1 Å². The molecule has 0 radical (unpaired) electrons. The monoisotopic (exact) mass is 362 g/mol. The smallest absolute Gasteiger partial charge is 0.255 e. The lowest BCUT2D eigenvalue weighted by Gasteiger charge is -2.10. The maximum Gasteiger partial charge on any atom is 0.255 e. The van der Waals surface area contributed by atoms with Crippen LogP contribution < -0.4 is 10.0 Å². The SMILES string of the molecule is CCc1ccc(NC(=O)c2ccc(F)c(S(=O)(=O)NC3CC3)c2)cc1. The molecule has 2 aromatic rings. The van der Waals surface area contributed by atoms with E-state index in [0.29, 0.717) is 5.69 Å². The second kappa shape index (κ2) is 6.93. The summed E-state index contributed by atoms with van der Waals surface area (Å²) in [7, 11) is -3.97. The van der Waals surface area contributed by atoms with Gasteiger partial charge in [-0.3, -0.25) is 4.79 Å². The Bertz CT molecular complexity index is 891. The molecule has 0 heterocycles. The molecule has 1 amide bonds. The number of amides is 1. The van der Waals surface area contributed by atoms with Gasteiger partial charge in [-0.25, -0.2) is 17.5 Å². The molecule has 1 aliphatic carbocycles. The average Bonchev–Trinajstić information content (AvgIpc) is 3.39. The van der Waals surface area contributed by atoms with Gasteiger partial charge in [0.05, 0.1) is 0 Å².